The molecule has 3 aromatic heterocycles. The molecule has 27 heavy (non-hydrogen) atoms. The molecule has 1 radical (unpaired) electrons. The van der Waals surface area contributed by atoms with E-state index < -0.39 is 0 Å². The summed E-state index contributed by atoms with van der Waals surface area (Å²) in [6.45, 7) is 6.12. The Hall–Kier alpha value is -3.09. The smallest absolute Gasteiger partial charge is 0.275 e. The Kier molecular flexibility index (Phi) is 4.43. The molecule has 1 aliphatic carbocycles. The molecule has 1 N–H and O–H groups in total. The van der Waals surface area contributed by atoms with Crippen LogP contribution < -0.4 is 5.32 Å². The Morgan fingerprint density at radius 1 is 1.33 bits per heavy atom. The summed E-state index contributed by atoms with van der Waals surface area (Å²) in [6, 6.07) is 7.53. The lowest BCUT2D eigenvalue weighted by Gasteiger charge is -2.11. The van der Waals surface area contributed by atoms with Gasteiger partial charge in [0.1, 0.15) is 23.5 Å². The van der Waals surface area contributed by atoms with Crippen molar-refractivity contribution in [2.75, 3.05) is 5.32 Å². The number of hydrogen-bond donors (Lipinski definition) is 1. The van der Waals surface area contributed by atoms with Gasteiger partial charge in [0.25, 0.3) is 5.91 Å². The molecular weight excluding hydrogens is 340 g/mol. The van der Waals surface area contributed by atoms with Gasteiger partial charge in [0.15, 0.2) is 5.82 Å². The number of nitrogens with one attached hydrogen (secondary N) is 1. The normalized spacial score (nSPS) is 13.8. The van der Waals surface area contributed by atoms with Crippen LogP contribution in [0.1, 0.15) is 53.8 Å². The van der Waals surface area contributed by atoms with E-state index in [2.05, 4.69) is 45.8 Å². The minimum atomic E-state index is -0.271. The Balaban J connectivity index is 1.57. The average Bonchev–Trinajstić information content (AvgIpc) is 3.37. The zero-order chi connectivity index (χ0) is 19.0. The highest BCUT2D eigenvalue weighted by Gasteiger charge is 2.26. The van der Waals surface area contributed by atoms with Gasteiger partial charge in [-0.15, -0.1) is 10.2 Å². The van der Waals surface area contributed by atoms with Crippen molar-refractivity contribution in [1.82, 2.24) is 24.7 Å². The first-order valence-electron chi connectivity index (χ1n) is 9.01. The van der Waals surface area contributed by atoms with Gasteiger partial charge in [-0.2, -0.15) is 0 Å². The summed E-state index contributed by atoms with van der Waals surface area (Å²) in [6.07, 6.45) is 6.72. The van der Waals surface area contributed by atoms with Crippen LogP contribution in [0.2, 0.25) is 0 Å². The molecule has 0 spiro atoms. The lowest BCUT2D eigenvalue weighted by atomic mass is 10.1. The number of hydrogen-bond acceptors (Lipinski definition) is 5. The molecule has 0 aromatic carbocycles. The summed E-state index contributed by atoms with van der Waals surface area (Å²) >= 11 is 0. The van der Waals surface area contributed by atoms with Crippen molar-refractivity contribution in [1.29, 1.82) is 0 Å². The highest BCUT2D eigenvalue weighted by molar-refractivity contribution is 6.02. The van der Waals surface area contributed by atoms with E-state index in [-0.39, 0.29) is 11.9 Å². The number of carbonyl (C=O) groups excluding carboxylic acids is 1. The zero-order valence-corrected chi connectivity index (χ0v) is 15.5. The van der Waals surface area contributed by atoms with Crippen molar-refractivity contribution in [3.05, 3.63) is 60.0 Å². The first-order valence-corrected chi connectivity index (χ1v) is 9.01. The lowest BCUT2D eigenvalue weighted by Crippen LogP contribution is -2.15. The van der Waals surface area contributed by atoms with Crippen molar-refractivity contribution in [3.63, 3.8) is 0 Å². The second-order valence-corrected chi connectivity index (χ2v) is 7.02. The van der Waals surface area contributed by atoms with E-state index in [1.807, 2.05) is 29.7 Å². The molecule has 0 saturated heterocycles. The Morgan fingerprint density at radius 2 is 2.15 bits per heavy atom. The monoisotopic (exact) mass is 361 g/mol. The number of rotatable bonds is 5. The molecule has 1 atom stereocenters. The SMILES string of the molecule is Cc1cnc(C(=O)Nc2cccc(-c3nncn3C(C)C)n2)cc1C1[CH]C1. The molecule has 137 valence electrons. The average molecular weight is 361 g/mol. The van der Waals surface area contributed by atoms with Crippen molar-refractivity contribution in [3.8, 4) is 11.5 Å². The lowest BCUT2D eigenvalue weighted by molar-refractivity contribution is 0.102. The van der Waals surface area contributed by atoms with Crippen molar-refractivity contribution < 1.29 is 4.79 Å². The predicted octanol–water partition coefficient (Wildman–Crippen LogP) is 3.57. The van der Waals surface area contributed by atoms with E-state index >= 15 is 0 Å². The van der Waals surface area contributed by atoms with Crippen LogP contribution in [0.4, 0.5) is 5.82 Å². The molecule has 3 heterocycles. The van der Waals surface area contributed by atoms with Gasteiger partial charge in [0, 0.05) is 12.2 Å². The van der Waals surface area contributed by atoms with Crippen LogP contribution >= 0.6 is 0 Å². The summed E-state index contributed by atoms with van der Waals surface area (Å²) in [5.41, 5.74) is 3.33. The van der Waals surface area contributed by atoms with Gasteiger partial charge in [-0.05, 0) is 68.9 Å². The minimum Gasteiger partial charge on any atom is -0.310 e. The molecule has 0 bridgehead atoms. The van der Waals surface area contributed by atoms with Crippen LogP contribution in [0.15, 0.2) is 36.8 Å². The quantitative estimate of drug-likeness (QED) is 0.751. The van der Waals surface area contributed by atoms with Crippen molar-refractivity contribution in [2.24, 2.45) is 0 Å². The van der Waals surface area contributed by atoms with Crippen LogP contribution in [-0.4, -0.2) is 30.6 Å². The molecule has 1 amide bonds. The molecule has 1 aliphatic rings. The van der Waals surface area contributed by atoms with Gasteiger partial charge >= 0.3 is 0 Å². The van der Waals surface area contributed by atoms with Crippen molar-refractivity contribution in [2.45, 2.75) is 39.2 Å². The number of pyridine rings is 2. The van der Waals surface area contributed by atoms with Gasteiger partial charge in [-0.25, -0.2) is 4.98 Å². The van der Waals surface area contributed by atoms with E-state index in [4.69, 9.17) is 0 Å². The van der Waals surface area contributed by atoms with Gasteiger partial charge < -0.3 is 9.88 Å². The highest BCUT2D eigenvalue weighted by atomic mass is 16.1. The third-order valence-corrected chi connectivity index (χ3v) is 4.60. The molecular formula is C20H21N6O. The molecule has 4 rings (SSSR count). The maximum Gasteiger partial charge on any atom is 0.275 e. The first kappa shape index (κ1) is 17.3. The Bertz CT molecular complexity index is 990. The molecule has 7 heteroatoms. The predicted molar refractivity (Wildman–Crippen MR) is 102 cm³/mol. The van der Waals surface area contributed by atoms with Crippen LogP contribution in [-0.2, 0) is 0 Å². The zero-order valence-electron chi connectivity index (χ0n) is 15.5. The minimum absolute atomic E-state index is 0.212. The number of aryl methyl sites for hydroxylation is 1. The molecule has 1 saturated carbocycles. The van der Waals surface area contributed by atoms with Gasteiger partial charge in [0.2, 0.25) is 0 Å². The third-order valence-electron chi connectivity index (χ3n) is 4.60. The topological polar surface area (TPSA) is 85.6 Å². The standard InChI is InChI=1S/C20H21N6O/c1-12(2)26-11-22-25-19(26)16-5-4-6-18(23-16)24-20(27)17-9-15(14-7-8-14)13(3)10-21-17/h4-7,9-12,14H,8H2,1-3H3,(H,23,24,27). The second-order valence-electron chi connectivity index (χ2n) is 7.02. The molecule has 1 unspecified atom stereocenters. The summed E-state index contributed by atoms with van der Waals surface area (Å²) in [5, 5.41) is 11.0. The van der Waals surface area contributed by atoms with E-state index in [0.29, 0.717) is 28.9 Å². The fourth-order valence-electron chi connectivity index (χ4n) is 3.00. The van der Waals surface area contributed by atoms with Gasteiger partial charge in [0.05, 0.1) is 0 Å². The summed E-state index contributed by atoms with van der Waals surface area (Å²) < 4.78 is 1.94. The largest absolute Gasteiger partial charge is 0.310 e. The maximum absolute atomic E-state index is 12.6. The number of nitrogens with zero attached hydrogens (tertiary/aromatic N) is 5. The summed E-state index contributed by atoms with van der Waals surface area (Å²) in [7, 11) is 0. The molecule has 3 aromatic rings. The third kappa shape index (κ3) is 3.58. The van der Waals surface area contributed by atoms with E-state index in [0.717, 1.165) is 12.0 Å². The Labute approximate surface area is 157 Å². The fourth-order valence-corrected chi connectivity index (χ4v) is 3.00. The first-order chi connectivity index (χ1) is 13.0. The van der Waals surface area contributed by atoms with E-state index in [1.165, 1.54) is 5.56 Å². The second kappa shape index (κ2) is 6.90. The summed E-state index contributed by atoms with van der Waals surface area (Å²) in [5.74, 6) is 1.30. The van der Waals surface area contributed by atoms with E-state index in [1.54, 1.807) is 18.6 Å². The van der Waals surface area contributed by atoms with Crippen LogP contribution in [0, 0.1) is 13.3 Å². The Morgan fingerprint density at radius 3 is 2.89 bits per heavy atom. The number of aromatic nitrogens is 5. The van der Waals surface area contributed by atoms with Crippen LogP contribution in [0.3, 0.4) is 0 Å². The van der Waals surface area contributed by atoms with Crippen LogP contribution in [0.25, 0.3) is 11.5 Å². The fraction of sp³-hybridized carbons (Fsp3) is 0.300. The number of amides is 1. The number of carbonyl (C=O) groups is 1. The highest BCUT2D eigenvalue weighted by Crippen LogP contribution is 2.40. The van der Waals surface area contributed by atoms with Crippen molar-refractivity contribution >= 4 is 11.7 Å². The number of anilines is 1. The molecule has 7 nitrogen and oxygen atoms in total. The summed E-state index contributed by atoms with van der Waals surface area (Å²) in [4.78, 5) is 21.4. The maximum atomic E-state index is 12.6. The molecule has 0 aliphatic heterocycles. The molecule has 1 fully saturated rings. The van der Waals surface area contributed by atoms with Crippen LogP contribution in [0.5, 0.6) is 0 Å². The van der Waals surface area contributed by atoms with E-state index in [9.17, 15) is 4.79 Å². The van der Waals surface area contributed by atoms with Gasteiger partial charge in [-0.3, -0.25) is 9.78 Å². The van der Waals surface area contributed by atoms with Gasteiger partial charge in [-0.1, -0.05) is 6.07 Å².